The topological polar surface area (TPSA) is 75.9 Å². The lowest BCUT2D eigenvalue weighted by Crippen LogP contribution is -2.62. The molecule has 0 saturated carbocycles. The van der Waals surface area contributed by atoms with Crippen LogP contribution < -0.4 is 4.90 Å². The molecule has 1 unspecified atom stereocenters. The lowest BCUT2D eigenvalue weighted by Gasteiger charge is -2.45. The zero-order valence-corrected chi connectivity index (χ0v) is 15.8. The van der Waals surface area contributed by atoms with Crippen LogP contribution in [0.1, 0.15) is 18.2 Å². The van der Waals surface area contributed by atoms with E-state index in [0.29, 0.717) is 19.7 Å². The van der Waals surface area contributed by atoms with Crippen LogP contribution >= 0.6 is 0 Å². The van der Waals surface area contributed by atoms with Crippen molar-refractivity contribution >= 4 is 17.4 Å². The highest BCUT2D eigenvalue weighted by molar-refractivity contribution is 5.74. The number of fused-ring (bicyclic) bond motifs is 2. The fraction of sp³-hybridized carbons (Fsp3) is 0.400. The van der Waals surface area contributed by atoms with E-state index in [2.05, 4.69) is 45.3 Å². The van der Waals surface area contributed by atoms with Gasteiger partial charge in [0, 0.05) is 26.1 Å². The Labute approximate surface area is 162 Å². The van der Waals surface area contributed by atoms with E-state index in [1.54, 1.807) is 10.8 Å². The average Bonchev–Trinajstić information content (AvgIpc) is 3.32. The molecule has 0 bridgehead atoms. The van der Waals surface area contributed by atoms with E-state index in [0.717, 1.165) is 36.4 Å². The first-order valence-corrected chi connectivity index (χ1v) is 9.62. The van der Waals surface area contributed by atoms with E-state index in [1.165, 1.54) is 5.56 Å². The standard InChI is InChI=1S/C20H22N6O2/c1-2-16-10-17(18-22-21-14-26(18)23-16)24-8-9-25-19(27)28-13-20(25,12-24)11-15-6-4-3-5-7-15/h3-7,10,14H,2,8-9,11-13H2,1H3. The maximum Gasteiger partial charge on any atom is 0.410 e. The molecule has 2 aliphatic heterocycles. The highest BCUT2D eigenvalue weighted by atomic mass is 16.6. The summed E-state index contributed by atoms with van der Waals surface area (Å²) in [6.45, 7) is 4.51. The average molecular weight is 378 g/mol. The summed E-state index contributed by atoms with van der Waals surface area (Å²) in [5.41, 5.74) is 3.55. The van der Waals surface area contributed by atoms with Gasteiger partial charge >= 0.3 is 6.09 Å². The first-order valence-electron chi connectivity index (χ1n) is 9.62. The molecular formula is C20H22N6O2. The molecule has 2 saturated heterocycles. The van der Waals surface area contributed by atoms with Crippen LogP contribution in [0.25, 0.3) is 5.65 Å². The van der Waals surface area contributed by atoms with Crippen molar-refractivity contribution in [2.45, 2.75) is 25.3 Å². The van der Waals surface area contributed by atoms with Crippen LogP contribution in [0, 0.1) is 0 Å². The van der Waals surface area contributed by atoms with Gasteiger partial charge in [-0.2, -0.15) is 9.61 Å². The van der Waals surface area contributed by atoms with E-state index in [9.17, 15) is 4.79 Å². The Kier molecular flexibility index (Phi) is 3.92. The molecule has 8 heteroatoms. The van der Waals surface area contributed by atoms with Gasteiger partial charge in [-0.3, -0.25) is 4.90 Å². The molecule has 0 N–H and O–H groups in total. The normalized spacial score (nSPS) is 21.8. The lowest BCUT2D eigenvalue weighted by molar-refractivity contribution is 0.140. The second-order valence-electron chi connectivity index (χ2n) is 7.49. The Bertz CT molecular complexity index is 1020. The smallest absolute Gasteiger partial charge is 0.410 e. The number of benzene rings is 1. The minimum atomic E-state index is -0.386. The van der Waals surface area contributed by atoms with Gasteiger partial charge in [-0.15, -0.1) is 10.2 Å². The van der Waals surface area contributed by atoms with Crippen molar-refractivity contribution in [3.8, 4) is 0 Å². The summed E-state index contributed by atoms with van der Waals surface area (Å²) in [5.74, 6) is 0. The number of hydrogen-bond acceptors (Lipinski definition) is 6. The predicted molar refractivity (Wildman–Crippen MR) is 103 cm³/mol. The number of cyclic esters (lactones) is 1. The molecule has 0 radical (unpaired) electrons. The van der Waals surface area contributed by atoms with Crippen molar-refractivity contribution in [3.05, 3.63) is 54.0 Å². The second-order valence-corrected chi connectivity index (χ2v) is 7.49. The molecule has 28 heavy (non-hydrogen) atoms. The maximum atomic E-state index is 12.4. The highest BCUT2D eigenvalue weighted by Crippen LogP contribution is 2.35. The number of rotatable bonds is 4. The van der Waals surface area contributed by atoms with Gasteiger partial charge in [0.05, 0.1) is 11.4 Å². The number of nitrogens with zero attached hydrogens (tertiary/aromatic N) is 6. The molecule has 1 amide bonds. The van der Waals surface area contributed by atoms with Crippen molar-refractivity contribution < 1.29 is 9.53 Å². The van der Waals surface area contributed by atoms with Gasteiger partial charge in [-0.1, -0.05) is 37.3 Å². The quantitative estimate of drug-likeness (QED) is 0.691. The van der Waals surface area contributed by atoms with Gasteiger partial charge in [0.2, 0.25) is 5.65 Å². The molecule has 5 rings (SSSR count). The summed E-state index contributed by atoms with van der Waals surface area (Å²) in [6, 6.07) is 12.4. The zero-order chi connectivity index (χ0) is 19.1. The number of carbonyl (C=O) groups excluding carboxylic acids is 1. The molecule has 144 valence electrons. The number of piperazine rings is 1. The van der Waals surface area contributed by atoms with Gasteiger partial charge in [0.25, 0.3) is 0 Å². The molecule has 1 aromatic carbocycles. The Balaban J connectivity index is 1.53. The Morgan fingerprint density at radius 1 is 1.21 bits per heavy atom. The van der Waals surface area contributed by atoms with Crippen LogP contribution in [0.4, 0.5) is 10.5 Å². The summed E-state index contributed by atoms with van der Waals surface area (Å²) < 4.78 is 7.23. The zero-order valence-electron chi connectivity index (χ0n) is 15.8. The number of aryl methyl sites for hydroxylation is 1. The van der Waals surface area contributed by atoms with Gasteiger partial charge in [0.15, 0.2) is 0 Å². The number of ether oxygens (including phenoxy) is 1. The SMILES string of the molecule is CCc1cc(N2CCN3C(=O)OCC3(Cc3ccccc3)C2)c2nncn2n1. The number of hydrogen-bond donors (Lipinski definition) is 0. The number of amides is 1. The molecule has 2 aromatic heterocycles. The van der Waals surface area contributed by atoms with Gasteiger partial charge in [-0.05, 0) is 18.1 Å². The van der Waals surface area contributed by atoms with E-state index >= 15 is 0 Å². The largest absolute Gasteiger partial charge is 0.447 e. The lowest BCUT2D eigenvalue weighted by atomic mass is 9.88. The molecule has 1 atom stereocenters. The summed E-state index contributed by atoms with van der Waals surface area (Å²) >= 11 is 0. The minimum absolute atomic E-state index is 0.216. The Hall–Kier alpha value is -3.16. The Morgan fingerprint density at radius 2 is 2.07 bits per heavy atom. The predicted octanol–water partition coefficient (Wildman–Crippen LogP) is 1.94. The summed E-state index contributed by atoms with van der Waals surface area (Å²) in [5, 5.41) is 12.9. The monoisotopic (exact) mass is 378 g/mol. The number of carbonyl (C=O) groups is 1. The summed E-state index contributed by atoms with van der Waals surface area (Å²) in [6.07, 6.45) is 3.01. The fourth-order valence-electron chi connectivity index (χ4n) is 4.31. The first kappa shape index (κ1) is 17.0. The fourth-order valence-corrected chi connectivity index (χ4v) is 4.31. The van der Waals surface area contributed by atoms with Crippen LogP contribution in [0.15, 0.2) is 42.7 Å². The van der Waals surface area contributed by atoms with Gasteiger partial charge < -0.3 is 9.64 Å². The van der Waals surface area contributed by atoms with Crippen LogP contribution in [0.2, 0.25) is 0 Å². The highest BCUT2D eigenvalue weighted by Gasteiger charge is 2.51. The molecule has 4 heterocycles. The third-order valence-electron chi connectivity index (χ3n) is 5.71. The third-order valence-corrected chi connectivity index (χ3v) is 5.71. The second kappa shape index (κ2) is 6.47. The van der Waals surface area contributed by atoms with Crippen LogP contribution in [0.3, 0.4) is 0 Å². The number of anilines is 1. The molecule has 8 nitrogen and oxygen atoms in total. The molecule has 0 aliphatic carbocycles. The summed E-state index contributed by atoms with van der Waals surface area (Å²) in [7, 11) is 0. The van der Waals surface area contributed by atoms with Gasteiger partial charge in [0.1, 0.15) is 18.5 Å². The van der Waals surface area contributed by atoms with Crippen LogP contribution in [-0.2, 0) is 17.6 Å². The van der Waals surface area contributed by atoms with E-state index in [-0.39, 0.29) is 11.6 Å². The van der Waals surface area contributed by atoms with Gasteiger partial charge in [-0.25, -0.2) is 4.79 Å². The van der Waals surface area contributed by atoms with E-state index < -0.39 is 0 Å². The van der Waals surface area contributed by atoms with Crippen LogP contribution in [0.5, 0.6) is 0 Å². The van der Waals surface area contributed by atoms with Crippen molar-refractivity contribution in [2.75, 3.05) is 31.1 Å². The van der Waals surface area contributed by atoms with Crippen molar-refractivity contribution in [2.24, 2.45) is 0 Å². The molecular weight excluding hydrogens is 356 g/mol. The van der Waals surface area contributed by atoms with Crippen LogP contribution in [-0.4, -0.2) is 62.6 Å². The molecule has 2 fully saturated rings. The van der Waals surface area contributed by atoms with Crippen molar-refractivity contribution in [3.63, 3.8) is 0 Å². The molecule has 3 aromatic rings. The third kappa shape index (κ3) is 2.67. The number of aromatic nitrogens is 4. The van der Waals surface area contributed by atoms with E-state index in [4.69, 9.17) is 4.74 Å². The summed E-state index contributed by atoms with van der Waals surface area (Å²) in [4.78, 5) is 16.6. The van der Waals surface area contributed by atoms with E-state index in [1.807, 2.05) is 23.1 Å². The minimum Gasteiger partial charge on any atom is -0.447 e. The van der Waals surface area contributed by atoms with Crippen molar-refractivity contribution in [1.29, 1.82) is 0 Å². The first-order chi connectivity index (χ1) is 13.7. The Morgan fingerprint density at radius 3 is 2.89 bits per heavy atom. The van der Waals surface area contributed by atoms with Crippen molar-refractivity contribution in [1.82, 2.24) is 24.7 Å². The molecule has 0 spiro atoms. The molecule has 2 aliphatic rings. The maximum absolute atomic E-state index is 12.4.